The number of rotatable bonds is 7. The number of para-hydroxylation sites is 1. The number of likely N-dealkylation sites (N-methyl/N-ethyl adjacent to an activating group) is 1. The third kappa shape index (κ3) is 6.33. The summed E-state index contributed by atoms with van der Waals surface area (Å²) in [5, 5.41) is 15.6. The number of ether oxygens (including phenoxy) is 1. The molecule has 2 aliphatic heterocycles. The maximum absolute atomic E-state index is 14.2. The maximum atomic E-state index is 14.2. The Morgan fingerprint density at radius 3 is 2.58 bits per heavy atom. The molecular formula is C27H39FN8O4. The first-order valence-electron chi connectivity index (χ1n) is 13.5. The lowest BCUT2D eigenvalue weighted by atomic mass is 10.0. The van der Waals surface area contributed by atoms with E-state index in [1.807, 2.05) is 0 Å². The highest BCUT2D eigenvalue weighted by Crippen LogP contribution is 2.33. The molecule has 13 heteroatoms. The number of hydrogen-bond acceptors (Lipinski definition) is 10. The highest BCUT2D eigenvalue weighted by molar-refractivity contribution is 6.02. The predicted octanol–water partition coefficient (Wildman–Crippen LogP) is 2.09. The molecule has 2 aromatic rings. The molecule has 0 saturated carbocycles. The highest BCUT2D eigenvalue weighted by atomic mass is 19.1. The fraction of sp³-hybridized carbons (Fsp3) is 0.556. The highest BCUT2D eigenvalue weighted by Gasteiger charge is 2.47. The normalized spacial score (nSPS) is 22.2. The van der Waals surface area contributed by atoms with Gasteiger partial charge in [0.05, 0.1) is 11.9 Å². The number of benzene rings is 1. The molecule has 40 heavy (non-hydrogen) atoms. The second kappa shape index (κ2) is 12.0. The van der Waals surface area contributed by atoms with Crippen LogP contribution in [0.3, 0.4) is 0 Å². The smallest absolute Gasteiger partial charge is 0.412 e. The molecule has 2 fully saturated rings. The molecule has 4 rings (SSSR count). The van der Waals surface area contributed by atoms with E-state index in [9.17, 15) is 19.1 Å². The number of nitrogens with one attached hydrogen (secondary N) is 2. The van der Waals surface area contributed by atoms with Crippen molar-refractivity contribution in [1.82, 2.24) is 30.0 Å². The van der Waals surface area contributed by atoms with Crippen LogP contribution in [-0.2, 0) is 4.74 Å². The zero-order chi connectivity index (χ0) is 29.2. The van der Waals surface area contributed by atoms with Gasteiger partial charge in [-0.1, -0.05) is 19.9 Å². The lowest BCUT2D eigenvalue weighted by Gasteiger charge is -2.55. The van der Waals surface area contributed by atoms with Gasteiger partial charge in [0.2, 0.25) is 5.82 Å². The summed E-state index contributed by atoms with van der Waals surface area (Å²) in [6.45, 7) is 13.5. The molecule has 0 aliphatic carbocycles. The van der Waals surface area contributed by atoms with Crippen molar-refractivity contribution < 1.29 is 23.8 Å². The number of anilines is 1. The van der Waals surface area contributed by atoms with Crippen LogP contribution in [-0.4, -0.2) is 98.5 Å². The van der Waals surface area contributed by atoms with Gasteiger partial charge in [-0.15, -0.1) is 0 Å². The average Bonchev–Trinajstić information content (AvgIpc) is 2.87. The number of carbonyl (C=O) groups is 2. The first-order valence-corrected chi connectivity index (χ1v) is 13.5. The predicted molar refractivity (Wildman–Crippen MR) is 147 cm³/mol. The van der Waals surface area contributed by atoms with E-state index in [4.69, 9.17) is 10.5 Å². The largest absolute Gasteiger partial charge is 0.506 e. The monoisotopic (exact) mass is 558 g/mol. The van der Waals surface area contributed by atoms with Gasteiger partial charge in [-0.3, -0.25) is 24.8 Å². The van der Waals surface area contributed by atoms with Crippen molar-refractivity contribution in [1.29, 1.82) is 0 Å². The van der Waals surface area contributed by atoms with E-state index in [-0.39, 0.29) is 17.7 Å². The van der Waals surface area contributed by atoms with E-state index in [0.717, 1.165) is 32.2 Å². The molecule has 218 valence electrons. The number of halogens is 1. The second-order valence-corrected chi connectivity index (χ2v) is 11.0. The van der Waals surface area contributed by atoms with Gasteiger partial charge in [-0.2, -0.15) is 0 Å². The van der Waals surface area contributed by atoms with E-state index in [1.54, 1.807) is 31.7 Å². The summed E-state index contributed by atoms with van der Waals surface area (Å²) < 4.78 is 20.0. The van der Waals surface area contributed by atoms with Crippen molar-refractivity contribution in [3.63, 3.8) is 0 Å². The van der Waals surface area contributed by atoms with Crippen LogP contribution in [0.2, 0.25) is 0 Å². The van der Waals surface area contributed by atoms with E-state index in [2.05, 4.69) is 44.2 Å². The van der Waals surface area contributed by atoms with Gasteiger partial charge in [-0.25, -0.2) is 19.2 Å². The van der Waals surface area contributed by atoms with Gasteiger partial charge in [0.1, 0.15) is 29.2 Å². The van der Waals surface area contributed by atoms with Crippen LogP contribution in [0, 0.1) is 5.82 Å². The maximum Gasteiger partial charge on any atom is 0.412 e. The number of amides is 2. The van der Waals surface area contributed by atoms with Crippen molar-refractivity contribution in [2.45, 2.75) is 64.6 Å². The Hall–Kier alpha value is -3.39. The lowest BCUT2D eigenvalue weighted by Crippen LogP contribution is -2.73. The van der Waals surface area contributed by atoms with Crippen LogP contribution >= 0.6 is 0 Å². The Balaban J connectivity index is 1.63. The molecule has 3 atom stereocenters. The van der Waals surface area contributed by atoms with Crippen molar-refractivity contribution >= 4 is 17.7 Å². The quantitative estimate of drug-likeness (QED) is 0.372. The summed E-state index contributed by atoms with van der Waals surface area (Å²) in [7, 11) is 0. The third-order valence-electron chi connectivity index (χ3n) is 7.16. The fourth-order valence-corrected chi connectivity index (χ4v) is 5.15. The third-order valence-corrected chi connectivity index (χ3v) is 7.16. The molecule has 2 saturated heterocycles. The second-order valence-electron chi connectivity index (χ2n) is 11.0. The molecule has 2 aliphatic rings. The minimum Gasteiger partial charge on any atom is -0.506 e. The molecular weight excluding hydrogens is 519 g/mol. The Bertz CT molecular complexity index is 1200. The van der Waals surface area contributed by atoms with Crippen molar-refractivity contribution in [2.75, 3.05) is 38.0 Å². The summed E-state index contributed by atoms with van der Waals surface area (Å²) in [4.78, 5) is 41.2. The number of nitrogens with zero attached hydrogens (tertiary/aromatic N) is 5. The van der Waals surface area contributed by atoms with Crippen molar-refractivity contribution in [3.8, 4) is 5.75 Å². The molecule has 1 aromatic carbocycles. The van der Waals surface area contributed by atoms with E-state index < -0.39 is 41.4 Å². The van der Waals surface area contributed by atoms with Crippen molar-refractivity contribution in [3.05, 3.63) is 47.8 Å². The standard InChI is InChI=1S/C27H39FN8O4/c1-6-34(7-2)16-14-35(15-16)20-13-31-23(29)22(36(20)26(39)40-27(3,4)5)18-11-12-30-24(32-18)25(38)33-21-17(28)9-8-10-19(21)37/h8-12,16,20,22-23,31,37H,6-7,13-15,29H2,1-5H3,(H,33,38). The SMILES string of the molecule is CCN(CC)C1CN(C2CNC(N)C(c3ccnc(C(=O)Nc4c(O)cccc4F)n3)N2C(=O)OC(C)(C)C)C1. The Morgan fingerprint density at radius 1 is 1.25 bits per heavy atom. The topological polar surface area (TPSA) is 149 Å². The van der Waals surface area contributed by atoms with Gasteiger partial charge < -0.3 is 20.9 Å². The van der Waals surface area contributed by atoms with Crippen molar-refractivity contribution in [2.24, 2.45) is 5.73 Å². The molecule has 2 amide bonds. The van der Waals surface area contributed by atoms with Crippen LogP contribution in [0.15, 0.2) is 30.5 Å². The zero-order valence-corrected chi connectivity index (χ0v) is 23.6. The van der Waals surface area contributed by atoms with Crippen LogP contribution in [0.25, 0.3) is 0 Å². The molecule has 12 nitrogen and oxygen atoms in total. The van der Waals surface area contributed by atoms with Crippen LogP contribution < -0.4 is 16.4 Å². The average molecular weight is 559 g/mol. The van der Waals surface area contributed by atoms with Gasteiger partial charge in [-0.05, 0) is 52.1 Å². The Labute approximate surface area is 233 Å². The van der Waals surface area contributed by atoms with Gasteiger partial charge in [0.15, 0.2) is 5.82 Å². The number of hydrogen-bond donors (Lipinski definition) is 4. The van der Waals surface area contributed by atoms with Crippen LogP contribution in [0.4, 0.5) is 14.9 Å². The Morgan fingerprint density at radius 2 is 1.95 bits per heavy atom. The number of phenolic OH excluding ortho intramolecular Hbond substituents is 1. The summed E-state index contributed by atoms with van der Waals surface area (Å²) >= 11 is 0. The molecule has 3 heterocycles. The lowest BCUT2D eigenvalue weighted by molar-refractivity contribution is -0.0903. The summed E-state index contributed by atoms with van der Waals surface area (Å²) in [6, 6.07) is 4.85. The fourth-order valence-electron chi connectivity index (χ4n) is 5.15. The molecule has 0 spiro atoms. The van der Waals surface area contributed by atoms with Crippen LogP contribution in [0.5, 0.6) is 5.75 Å². The van der Waals surface area contributed by atoms with Gasteiger partial charge in [0.25, 0.3) is 5.91 Å². The molecule has 0 bridgehead atoms. The zero-order valence-electron chi connectivity index (χ0n) is 23.6. The number of nitrogens with two attached hydrogens (primary N) is 1. The minimum atomic E-state index is -0.829. The Kier molecular flexibility index (Phi) is 8.88. The van der Waals surface area contributed by atoms with Gasteiger partial charge in [0, 0.05) is 31.9 Å². The first kappa shape index (κ1) is 29.6. The number of likely N-dealkylation sites (tertiary alicyclic amines) is 1. The molecule has 3 unspecified atom stereocenters. The van der Waals surface area contributed by atoms with E-state index >= 15 is 0 Å². The first-order chi connectivity index (χ1) is 18.9. The molecule has 1 aromatic heterocycles. The van der Waals surface area contributed by atoms with E-state index in [0.29, 0.717) is 18.3 Å². The minimum absolute atomic E-state index is 0.274. The summed E-state index contributed by atoms with van der Waals surface area (Å²) in [5.74, 6) is -2.34. The van der Waals surface area contributed by atoms with E-state index in [1.165, 1.54) is 18.3 Å². The van der Waals surface area contributed by atoms with Crippen LogP contribution in [0.1, 0.15) is 57.0 Å². The van der Waals surface area contributed by atoms with Gasteiger partial charge >= 0.3 is 6.09 Å². The summed E-state index contributed by atoms with van der Waals surface area (Å²) in [6.07, 6.45) is -0.256. The number of piperazine rings is 1. The number of phenols is 1. The number of aromatic nitrogens is 2. The molecule has 0 radical (unpaired) electrons. The molecule has 5 N–H and O–H groups in total. The number of aromatic hydroxyl groups is 1. The summed E-state index contributed by atoms with van der Waals surface area (Å²) in [5.41, 5.74) is 5.68. The number of carbonyl (C=O) groups excluding carboxylic acids is 2.